The van der Waals surface area contributed by atoms with Crippen molar-refractivity contribution in [3.8, 4) is 44.6 Å². The van der Waals surface area contributed by atoms with Crippen molar-refractivity contribution in [1.29, 1.82) is 0 Å². The lowest BCUT2D eigenvalue weighted by Crippen LogP contribution is -2.25. The average molecular weight is 566 g/mol. The van der Waals surface area contributed by atoms with Crippen molar-refractivity contribution < 1.29 is 11.3 Å². The van der Waals surface area contributed by atoms with E-state index < -0.39 is 23.5 Å². The fourth-order valence-corrected chi connectivity index (χ4v) is 7.58. The summed E-state index contributed by atoms with van der Waals surface area (Å²) < 4.78 is 47.6. The van der Waals surface area contributed by atoms with E-state index in [9.17, 15) is 0 Å². The van der Waals surface area contributed by atoms with Gasteiger partial charge in [0, 0.05) is 10.9 Å². The molecule has 2 heterocycles. The molecule has 10 rings (SSSR count). The lowest BCUT2D eigenvalue weighted by molar-refractivity contribution is 0.667. The first-order valence-corrected chi connectivity index (χ1v) is 14.6. The molecule has 0 aliphatic heterocycles. The van der Waals surface area contributed by atoms with Gasteiger partial charge in [-0.25, -0.2) is 9.97 Å². The van der Waals surface area contributed by atoms with Crippen LogP contribution in [0.1, 0.15) is 29.1 Å². The number of benzene rings is 6. The van der Waals surface area contributed by atoms with Gasteiger partial charge in [-0.05, 0) is 73.8 Å². The standard InChI is InChI=1S/C41H24N2O/c1-2-10-25(11-3-1)38-40-39(43-24-42-38)32-23-27(19-21-37(32)44-40)26-18-20-36-31(22-26)30-14-6-9-17-35(30)41(36)33-15-7-4-12-28(33)29-13-5-8-16-34(29)41/h1-24H/i1D,2D,3D,10D,11D. The lowest BCUT2D eigenvalue weighted by Gasteiger charge is -2.30. The van der Waals surface area contributed by atoms with Gasteiger partial charge in [0.2, 0.25) is 0 Å². The van der Waals surface area contributed by atoms with Gasteiger partial charge in [-0.1, -0.05) is 121 Å². The maximum absolute atomic E-state index is 8.51. The van der Waals surface area contributed by atoms with Gasteiger partial charge in [0.25, 0.3) is 0 Å². The van der Waals surface area contributed by atoms with Gasteiger partial charge in [0.05, 0.1) is 12.3 Å². The molecule has 0 saturated carbocycles. The molecule has 0 saturated heterocycles. The Balaban J connectivity index is 1.17. The molecule has 0 amide bonds. The van der Waals surface area contributed by atoms with E-state index in [0.29, 0.717) is 11.1 Å². The Labute approximate surface area is 261 Å². The van der Waals surface area contributed by atoms with Crippen molar-refractivity contribution >= 4 is 22.1 Å². The molecule has 3 nitrogen and oxygen atoms in total. The second-order valence-electron chi connectivity index (χ2n) is 11.4. The van der Waals surface area contributed by atoms with E-state index in [1.54, 1.807) is 0 Å². The third kappa shape index (κ3) is 2.96. The van der Waals surface area contributed by atoms with Crippen LogP contribution in [0.2, 0.25) is 0 Å². The molecule has 2 aliphatic rings. The average Bonchev–Trinajstić information content (AvgIpc) is 3.77. The monoisotopic (exact) mass is 565 g/mol. The zero-order valence-electron chi connectivity index (χ0n) is 28.3. The summed E-state index contributed by atoms with van der Waals surface area (Å²) in [4.78, 5) is 8.87. The number of furan rings is 1. The van der Waals surface area contributed by atoms with Crippen molar-refractivity contribution in [2.45, 2.75) is 5.41 Å². The van der Waals surface area contributed by atoms with E-state index in [0.717, 1.165) is 16.5 Å². The van der Waals surface area contributed by atoms with E-state index in [4.69, 9.17) is 11.3 Å². The first kappa shape index (κ1) is 19.4. The number of rotatable bonds is 2. The van der Waals surface area contributed by atoms with Gasteiger partial charge < -0.3 is 4.42 Å². The highest BCUT2D eigenvalue weighted by atomic mass is 16.3. The molecule has 0 atom stereocenters. The van der Waals surface area contributed by atoms with Crippen LogP contribution in [-0.4, -0.2) is 9.97 Å². The van der Waals surface area contributed by atoms with Gasteiger partial charge >= 0.3 is 0 Å². The molecular weight excluding hydrogens is 536 g/mol. The first-order valence-electron chi connectivity index (χ1n) is 17.1. The van der Waals surface area contributed by atoms with Gasteiger partial charge in [-0.2, -0.15) is 0 Å². The van der Waals surface area contributed by atoms with E-state index in [2.05, 4.69) is 101 Å². The third-order valence-electron chi connectivity index (χ3n) is 9.32. The molecule has 8 aromatic rings. The summed E-state index contributed by atoms with van der Waals surface area (Å²) in [5.74, 6) is 0. The largest absolute Gasteiger partial charge is 0.452 e. The van der Waals surface area contributed by atoms with Crippen molar-refractivity contribution in [2.24, 2.45) is 0 Å². The van der Waals surface area contributed by atoms with Gasteiger partial charge in [0.15, 0.2) is 5.58 Å². The summed E-state index contributed by atoms with van der Waals surface area (Å²) in [6, 6.07) is 37.0. The summed E-state index contributed by atoms with van der Waals surface area (Å²) in [6.45, 7) is 0. The van der Waals surface area contributed by atoms with Gasteiger partial charge in [0.1, 0.15) is 23.1 Å². The molecule has 0 fully saturated rings. The van der Waals surface area contributed by atoms with E-state index >= 15 is 0 Å². The summed E-state index contributed by atoms with van der Waals surface area (Å²) in [5, 5.41) is 0.750. The Morgan fingerprint density at radius 3 is 1.84 bits per heavy atom. The van der Waals surface area contributed by atoms with Crippen molar-refractivity contribution in [3.63, 3.8) is 0 Å². The van der Waals surface area contributed by atoms with Crippen molar-refractivity contribution in [1.82, 2.24) is 9.97 Å². The van der Waals surface area contributed by atoms with Crippen LogP contribution < -0.4 is 0 Å². The highest BCUT2D eigenvalue weighted by Crippen LogP contribution is 2.62. The van der Waals surface area contributed by atoms with Crippen LogP contribution in [0.15, 0.2) is 150 Å². The zero-order valence-corrected chi connectivity index (χ0v) is 23.3. The Bertz CT molecular complexity index is 2680. The molecule has 2 aromatic heterocycles. The smallest absolute Gasteiger partial charge is 0.180 e. The lowest BCUT2D eigenvalue weighted by atomic mass is 9.70. The number of nitrogens with zero attached hydrogens (tertiary/aromatic N) is 2. The van der Waals surface area contributed by atoms with Gasteiger partial charge in [-0.15, -0.1) is 0 Å². The Hall–Kier alpha value is -5.80. The molecule has 0 bridgehead atoms. The minimum atomic E-state index is -0.456. The molecule has 0 radical (unpaired) electrons. The van der Waals surface area contributed by atoms with Crippen LogP contribution in [0.5, 0.6) is 0 Å². The Morgan fingerprint density at radius 2 is 1.14 bits per heavy atom. The third-order valence-corrected chi connectivity index (χ3v) is 9.32. The number of fused-ring (bicyclic) bond motifs is 13. The zero-order chi connectivity index (χ0) is 33.2. The normalized spacial score (nSPS) is 15.2. The minimum absolute atomic E-state index is 0.0149. The van der Waals surface area contributed by atoms with Crippen LogP contribution in [0, 0.1) is 0 Å². The van der Waals surface area contributed by atoms with Crippen molar-refractivity contribution in [2.75, 3.05) is 0 Å². The highest BCUT2D eigenvalue weighted by Gasteiger charge is 2.51. The minimum Gasteiger partial charge on any atom is -0.452 e. The molecule has 2 aliphatic carbocycles. The summed E-state index contributed by atoms with van der Waals surface area (Å²) in [6.07, 6.45) is 1.35. The van der Waals surface area contributed by atoms with Crippen LogP contribution in [0.25, 0.3) is 66.7 Å². The fraction of sp³-hybridized carbons (Fsp3) is 0.0244. The molecule has 6 aromatic carbocycles. The molecule has 0 unspecified atom stereocenters. The Morgan fingerprint density at radius 1 is 0.545 bits per heavy atom. The van der Waals surface area contributed by atoms with Crippen LogP contribution in [-0.2, 0) is 5.41 Å². The molecule has 44 heavy (non-hydrogen) atoms. The maximum Gasteiger partial charge on any atom is 0.180 e. The van der Waals surface area contributed by atoms with E-state index in [-0.39, 0.29) is 28.9 Å². The SMILES string of the molecule is [2H]c1c([2H])c([2H])c(-c2ncnc3c2oc2ccc(-c4ccc5c(c4)-c4ccccc4C54c5ccccc5-c5ccccc54)cc23)c([2H])c1[2H]. The van der Waals surface area contributed by atoms with Crippen LogP contribution in [0.4, 0.5) is 0 Å². The molecule has 3 heteroatoms. The summed E-state index contributed by atoms with van der Waals surface area (Å²) in [5.41, 5.74) is 13.2. The molecule has 204 valence electrons. The van der Waals surface area contributed by atoms with Gasteiger partial charge in [-0.3, -0.25) is 0 Å². The van der Waals surface area contributed by atoms with E-state index in [1.165, 1.54) is 50.8 Å². The topological polar surface area (TPSA) is 38.9 Å². The Kier molecular flexibility index (Phi) is 3.80. The van der Waals surface area contributed by atoms with E-state index in [1.807, 2.05) is 18.2 Å². The molecular formula is C41H24N2O. The predicted molar refractivity (Wildman–Crippen MR) is 176 cm³/mol. The summed E-state index contributed by atoms with van der Waals surface area (Å²) >= 11 is 0. The van der Waals surface area contributed by atoms with Crippen LogP contribution in [0.3, 0.4) is 0 Å². The first-order chi connectivity index (χ1) is 23.9. The van der Waals surface area contributed by atoms with Crippen LogP contribution >= 0.6 is 0 Å². The van der Waals surface area contributed by atoms with Crippen molar-refractivity contribution in [3.05, 3.63) is 168 Å². The summed E-state index contributed by atoms with van der Waals surface area (Å²) in [7, 11) is 0. The fourth-order valence-electron chi connectivity index (χ4n) is 7.58. The predicted octanol–water partition coefficient (Wildman–Crippen LogP) is 10.1. The number of hydrogen-bond donors (Lipinski definition) is 0. The molecule has 1 spiro atoms. The number of hydrogen-bond acceptors (Lipinski definition) is 3. The highest BCUT2D eigenvalue weighted by molar-refractivity contribution is 6.07. The molecule has 0 N–H and O–H groups in total. The number of aromatic nitrogens is 2. The quantitative estimate of drug-likeness (QED) is 0.209. The second-order valence-corrected chi connectivity index (χ2v) is 11.4. The second kappa shape index (κ2) is 8.62. The maximum atomic E-state index is 8.51.